The second-order valence-corrected chi connectivity index (χ2v) is 5.98. The maximum Gasteiger partial charge on any atom is 0.266 e. The first kappa shape index (κ1) is 19.1. The molecule has 0 aliphatic heterocycles. The van der Waals surface area contributed by atoms with Crippen LogP contribution in [0.15, 0.2) is 35.2 Å². The molecular weight excluding hydrogens is 352 g/mol. The van der Waals surface area contributed by atoms with Crippen LogP contribution in [-0.2, 0) is 9.59 Å². The standard InChI is InChI=1S/C18H18N4O3S/c1-4-22(12(2)23)18-20-14(11-26-18)9-13(10-19)17(24)21-15-7-5-6-8-16(15)25-3/h5-9,11H,4H2,1-3H3,(H,21,24)/b13-9+. The number of methoxy groups -OCH3 is 1. The van der Waals surface area contributed by atoms with E-state index in [0.717, 1.165) is 0 Å². The molecule has 0 spiro atoms. The van der Waals surface area contributed by atoms with Crippen molar-refractivity contribution in [3.05, 3.63) is 40.9 Å². The third kappa shape index (κ3) is 4.46. The summed E-state index contributed by atoms with van der Waals surface area (Å²) in [7, 11) is 1.50. The van der Waals surface area contributed by atoms with E-state index in [1.54, 1.807) is 29.6 Å². The Morgan fingerprint density at radius 2 is 2.15 bits per heavy atom. The third-order valence-electron chi connectivity index (χ3n) is 3.45. The molecule has 1 aromatic carbocycles. The van der Waals surface area contributed by atoms with Gasteiger partial charge in [0.25, 0.3) is 5.91 Å². The summed E-state index contributed by atoms with van der Waals surface area (Å²) in [6.45, 7) is 3.80. The molecule has 26 heavy (non-hydrogen) atoms. The van der Waals surface area contributed by atoms with Crippen LogP contribution in [0, 0.1) is 11.3 Å². The quantitative estimate of drug-likeness (QED) is 0.623. The first-order valence-electron chi connectivity index (χ1n) is 7.80. The van der Waals surface area contributed by atoms with Crippen LogP contribution in [0.4, 0.5) is 10.8 Å². The van der Waals surface area contributed by atoms with Gasteiger partial charge in [0.1, 0.15) is 17.4 Å². The van der Waals surface area contributed by atoms with Crippen LogP contribution in [0.1, 0.15) is 19.5 Å². The molecule has 2 amide bonds. The summed E-state index contributed by atoms with van der Waals surface area (Å²) in [5, 5.41) is 14.2. The molecule has 0 aliphatic rings. The van der Waals surface area contributed by atoms with Gasteiger partial charge < -0.3 is 10.1 Å². The van der Waals surface area contributed by atoms with Gasteiger partial charge in [-0.15, -0.1) is 11.3 Å². The molecule has 0 bridgehead atoms. The number of para-hydroxylation sites is 2. The highest BCUT2D eigenvalue weighted by Gasteiger charge is 2.15. The summed E-state index contributed by atoms with van der Waals surface area (Å²) in [5.74, 6) is -0.189. The normalized spacial score (nSPS) is 10.8. The molecule has 1 aromatic heterocycles. The number of carbonyl (C=O) groups excluding carboxylic acids is 2. The van der Waals surface area contributed by atoms with Crippen molar-refractivity contribution in [3.63, 3.8) is 0 Å². The van der Waals surface area contributed by atoms with Crippen LogP contribution in [0.3, 0.4) is 0 Å². The topological polar surface area (TPSA) is 95.3 Å². The molecule has 0 saturated carbocycles. The number of hydrogen-bond acceptors (Lipinski definition) is 6. The number of nitrogens with zero attached hydrogens (tertiary/aromatic N) is 3. The summed E-state index contributed by atoms with van der Waals surface area (Å²) in [6.07, 6.45) is 1.39. The Balaban J connectivity index is 2.22. The number of nitrogens with one attached hydrogen (secondary N) is 1. The van der Waals surface area contributed by atoms with Gasteiger partial charge in [-0.25, -0.2) is 4.98 Å². The number of carbonyl (C=O) groups is 2. The summed E-state index contributed by atoms with van der Waals surface area (Å²) >= 11 is 1.27. The zero-order chi connectivity index (χ0) is 19.1. The number of rotatable bonds is 6. The van der Waals surface area contributed by atoms with Crippen molar-refractivity contribution in [3.8, 4) is 11.8 Å². The smallest absolute Gasteiger partial charge is 0.266 e. The number of nitriles is 1. The van der Waals surface area contributed by atoms with Crippen molar-refractivity contribution in [1.82, 2.24) is 4.98 Å². The highest BCUT2D eigenvalue weighted by molar-refractivity contribution is 7.14. The van der Waals surface area contributed by atoms with E-state index < -0.39 is 5.91 Å². The summed E-state index contributed by atoms with van der Waals surface area (Å²) in [4.78, 5) is 29.8. The first-order valence-corrected chi connectivity index (χ1v) is 8.67. The van der Waals surface area contributed by atoms with Crippen molar-refractivity contribution in [1.29, 1.82) is 5.26 Å². The Bertz CT molecular complexity index is 883. The summed E-state index contributed by atoms with van der Waals surface area (Å²) < 4.78 is 5.18. The fourth-order valence-electron chi connectivity index (χ4n) is 2.19. The lowest BCUT2D eigenvalue weighted by Crippen LogP contribution is -2.27. The number of benzene rings is 1. The molecule has 0 atom stereocenters. The fourth-order valence-corrected chi connectivity index (χ4v) is 3.08. The van der Waals surface area contributed by atoms with Crippen LogP contribution in [0.5, 0.6) is 5.75 Å². The monoisotopic (exact) mass is 370 g/mol. The van der Waals surface area contributed by atoms with Crippen LogP contribution in [0.25, 0.3) is 6.08 Å². The highest BCUT2D eigenvalue weighted by atomic mass is 32.1. The maximum absolute atomic E-state index is 12.4. The van der Waals surface area contributed by atoms with Crippen LogP contribution >= 0.6 is 11.3 Å². The Labute approximate surface area is 155 Å². The molecule has 7 nitrogen and oxygen atoms in total. The van der Waals surface area contributed by atoms with Gasteiger partial charge in [-0.3, -0.25) is 14.5 Å². The van der Waals surface area contributed by atoms with E-state index in [1.165, 1.54) is 36.3 Å². The molecule has 0 saturated heterocycles. The van der Waals surface area contributed by atoms with E-state index in [9.17, 15) is 14.9 Å². The maximum atomic E-state index is 12.4. The Morgan fingerprint density at radius 3 is 2.77 bits per heavy atom. The summed E-state index contributed by atoms with van der Waals surface area (Å²) in [6, 6.07) is 8.79. The van der Waals surface area contributed by atoms with Gasteiger partial charge in [0.15, 0.2) is 5.13 Å². The van der Waals surface area contributed by atoms with Gasteiger partial charge in [0.05, 0.1) is 18.5 Å². The van der Waals surface area contributed by atoms with Crippen molar-refractivity contribution in [2.24, 2.45) is 0 Å². The number of anilines is 2. The second kappa shape index (κ2) is 8.78. The predicted molar refractivity (Wildman–Crippen MR) is 101 cm³/mol. The number of aromatic nitrogens is 1. The molecular formula is C18H18N4O3S. The molecule has 8 heteroatoms. The largest absolute Gasteiger partial charge is 0.495 e. The minimum absolute atomic E-state index is 0.0985. The van der Waals surface area contributed by atoms with Crippen LogP contribution in [-0.4, -0.2) is 30.5 Å². The average Bonchev–Trinajstić information content (AvgIpc) is 3.08. The third-order valence-corrected chi connectivity index (χ3v) is 4.33. The van der Waals surface area contributed by atoms with Gasteiger partial charge in [-0.05, 0) is 25.1 Å². The fraction of sp³-hybridized carbons (Fsp3) is 0.222. The minimum atomic E-state index is -0.564. The number of hydrogen-bond donors (Lipinski definition) is 1. The molecule has 1 heterocycles. The van der Waals surface area contributed by atoms with Crippen LogP contribution < -0.4 is 15.0 Å². The van der Waals surface area contributed by atoms with Crippen molar-refractivity contribution >= 4 is 40.0 Å². The van der Waals surface area contributed by atoms with E-state index in [4.69, 9.17) is 4.74 Å². The van der Waals surface area contributed by atoms with Crippen molar-refractivity contribution in [2.75, 3.05) is 23.9 Å². The van der Waals surface area contributed by atoms with Gasteiger partial charge in [-0.2, -0.15) is 5.26 Å². The van der Waals surface area contributed by atoms with Gasteiger partial charge in [0.2, 0.25) is 5.91 Å². The second-order valence-electron chi connectivity index (χ2n) is 5.14. The SMILES string of the molecule is CCN(C(C)=O)c1nc(/C=C(\C#N)C(=O)Nc2ccccc2OC)cs1. The van der Waals surface area contributed by atoms with Gasteiger partial charge in [-0.1, -0.05) is 12.1 Å². The Hall–Kier alpha value is -3.18. The highest BCUT2D eigenvalue weighted by Crippen LogP contribution is 2.25. The van der Waals surface area contributed by atoms with Crippen LogP contribution in [0.2, 0.25) is 0 Å². The lowest BCUT2D eigenvalue weighted by molar-refractivity contribution is -0.116. The molecule has 1 N–H and O–H groups in total. The number of thiazole rings is 1. The first-order chi connectivity index (χ1) is 12.5. The minimum Gasteiger partial charge on any atom is -0.495 e. The molecule has 2 rings (SSSR count). The van der Waals surface area contributed by atoms with E-state index >= 15 is 0 Å². The van der Waals surface area contributed by atoms with Crippen molar-refractivity contribution < 1.29 is 14.3 Å². The number of ether oxygens (including phenoxy) is 1. The van der Waals surface area contributed by atoms with E-state index in [0.29, 0.717) is 28.8 Å². The van der Waals surface area contributed by atoms with E-state index in [1.807, 2.05) is 13.0 Å². The van der Waals surface area contributed by atoms with Gasteiger partial charge >= 0.3 is 0 Å². The summed E-state index contributed by atoms with van der Waals surface area (Å²) in [5.41, 5.74) is 0.809. The predicted octanol–water partition coefficient (Wildman–Crippen LogP) is 3.07. The zero-order valence-electron chi connectivity index (χ0n) is 14.6. The molecule has 134 valence electrons. The molecule has 0 radical (unpaired) electrons. The number of amides is 2. The molecule has 0 unspecified atom stereocenters. The molecule has 2 aromatic rings. The lowest BCUT2D eigenvalue weighted by Gasteiger charge is -2.14. The molecule has 0 aliphatic carbocycles. The molecule has 0 fully saturated rings. The van der Waals surface area contributed by atoms with Gasteiger partial charge in [0, 0.05) is 18.8 Å². The average molecular weight is 370 g/mol. The van der Waals surface area contributed by atoms with E-state index in [2.05, 4.69) is 10.3 Å². The van der Waals surface area contributed by atoms with E-state index in [-0.39, 0.29) is 11.5 Å². The Morgan fingerprint density at radius 1 is 1.42 bits per heavy atom. The lowest BCUT2D eigenvalue weighted by atomic mass is 10.2. The Kier molecular flexibility index (Phi) is 6.47. The zero-order valence-corrected chi connectivity index (χ0v) is 15.5. The van der Waals surface area contributed by atoms with Crippen molar-refractivity contribution in [2.45, 2.75) is 13.8 Å².